The first-order valence-corrected chi connectivity index (χ1v) is 16.7. The van der Waals surface area contributed by atoms with Gasteiger partial charge in [-0.15, -0.1) is 0 Å². The fourth-order valence-corrected chi connectivity index (χ4v) is 7.42. The van der Waals surface area contributed by atoms with E-state index < -0.39 is 0 Å². The SMILES string of the molecule is c1ccc(-c2cc(-n3c4ccccc4c4c5cc(-c6ccc7ccc8ccccc8c7c6)ccc5ccc43)nc(-c3ccccc3)n2)cc1. The highest BCUT2D eigenvalue weighted by Gasteiger charge is 2.18. The minimum atomic E-state index is 0.704. The topological polar surface area (TPSA) is 30.7 Å². The maximum atomic E-state index is 5.22. The van der Waals surface area contributed by atoms with Gasteiger partial charge in [0.1, 0.15) is 5.82 Å². The summed E-state index contributed by atoms with van der Waals surface area (Å²) >= 11 is 0. The van der Waals surface area contributed by atoms with Crippen molar-refractivity contribution in [1.29, 1.82) is 0 Å². The molecule has 0 aliphatic heterocycles. The van der Waals surface area contributed by atoms with Crippen molar-refractivity contribution >= 4 is 54.1 Å². The molecule has 0 fully saturated rings. The number of aromatic nitrogens is 3. The molecule has 49 heavy (non-hydrogen) atoms. The highest BCUT2D eigenvalue weighted by Crippen LogP contribution is 2.39. The zero-order valence-electron chi connectivity index (χ0n) is 26.6. The molecule has 2 aromatic heterocycles. The van der Waals surface area contributed by atoms with Crippen molar-refractivity contribution in [2.45, 2.75) is 0 Å². The van der Waals surface area contributed by atoms with Crippen LogP contribution in [-0.4, -0.2) is 14.5 Å². The number of hydrogen-bond acceptors (Lipinski definition) is 2. The van der Waals surface area contributed by atoms with Gasteiger partial charge in [-0.3, -0.25) is 4.57 Å². The van der Waals surface area contributed by atoms with Gasteiger partial charge in [-0.05, 0) is 67.7 Å². The van der Waals surface area contributed by atoms with E-state index in [4.69, 9.17) is 9.97 Å². The molecule has 0 N–H and O–H groups in total. The summed E-state index contributed by atoms with van der Waals surface area (Å²) in [6, 6.07) is 62.7. The summed E-state index contributed by atoms with van der Waals surface area (Å²) in [5, 5.41) is 9.93. The van der Waals surface area contributed by atoms with Gasteiger partial charge in [0.25, 0.3) is 0 Å². The third-order valence-corrected chi connectivity index (χ3v) is 9.78. The van der Waals surface area contributed by atoms with Gasteiger partial charge in [0.2, 0.25) is 0 Å². The van der Waals surface area contributed by atoms with Gasteiger partial charge in [-0.1, -0.05) is 146 Å². The van der Waals surface area contributed by atoms with Crippen LogP contribution in [0.4, 0.5) is 0 Å². The van der Waals surface area contributed by atoms with Crippen LogP contribution in [0.1, 0.15) is 0 Å². The first-order valence-electron chi connectivity index (χ1n) is 16.7. The Labute approximate surface area is 283 Å². The van der Waals surface area contributed by atoms with Gasteiger partial charge in [0, 0.05) is 28.0 Å². The molecule has 0 saturated carbocycles. The maximum Gasteiger partial charge on any atom is 0.162 e. The lowest BCUT2D eigenvalue weighted by Crippen LogP contribution is -2.02. The molecule has 0 spiro atoms. The number of para-hydroxylation sites is 1. The average molecular weight is 624 g/mol. The molecule has 0 radical (unpaired) electrons. The van der Waals surface area contributed by atoms with Crippen LogP contribution in [0.5, 0.6) is 0 Å². The van der Waals surface area contributed by atoms with Gasteiger partial charge >= 0.3 is 0 Å². The second kappa shape index (κ2) is 11.0. The Hall–Kier alpha value is -6.58. The molecule has 2 heterocycles. The molecule has 0 atom stereocenters. The summed E-state index contributed by atoms with van der Waals surface area (Å²) < 4.78 is 2.31. The molecule has 0 amide bonds. The zero-order valence-corrected chi connectivity index (χ0v) is 26.6. The van der Waals surface area contributed by atoms with E-state index >= 15 is 0 Å². The standard InChI is InChI=1S/C46H29N3/c1-3-12-33(13-4-1)41-29-44(48-46(47-41)34-14-5-2-6-15-34)49-42-18-10-9-17-38(42)45-40-28-36(24-22-32(40)25-26-43(45)49)35-23-21-31-20-19-30-11-7-8-16-37(30)39(31)27-35/h1-29H. The first kappa shape index (κ1) is 27.5. The molecule has 3 heteroatoms. The summed E-state index contributed by atoms with van der Waals surface area (Å²) in [6.07, 6.45) is 0. The number of fused-ring (bicyclic) bond motifs is 8. The molecule has 0 unspecified atom stereocenters. The van der Waals surface area contributed by atoms with Crippen molar-refractivity contribution in [3.8, 4) is 39.6 Å². The van der Waals surface area contributed by atoms with Crippen LogP contribution in [0, 0.1) is 0 Å². The molecule has 10 aromatic rings. The predicted molar refractivity (Wildman–Crippen MR) is 205 cm³/mol. The Kier molecular flexibility index (Phi) is 6.18. The van der Waals surface area contributed by atoms with Gasteiger partial charge in [-0.2, -0.15) is 0 Å². The molecular formula is C46H29N3. The van der Waals surface area contributed by atoms with E-state index in [0.29, 0.717) is 5.82 Å². The minimum absolute atomic E-state index is 0.704. The molecule has 8 aromatic carbocycles. The minimum Gasteiger partial charge on any atom is -0.294 e. The third-order valence-electron chi connectivity index (χ3n) is 9.78. The van der Waals surface area contributed by atoms with Gasteiger partial charge in [0.05, 0.1) is 16.7 Å². The third kappa shape index (κ3) is 4.51. The number of hydrogen-bond donors (Lipinski definition) is 0. The highest BCUT2D eigenvalue weighted by molar-refractivity contribution is 6.22. The lowest BCUT2D eigenvalue weighted by atomic mass is 9.95. The summed E-state index contributed by atoms with van der Waals surface area (Å²) in [5.74, 6) is 1.55. The second-order valence-corrected chi connectivity index (χ2v) is 12.6. The molecule has 228 valence electrons. The van der Waals surface area contributed by atoms with E-state index in [1.807, 2.05) is 24.3 Å². The molecule has 0 aliphatic rings. The molecule has 3 nitrogen and oxygen atoms in total. The number of benzene rings is 8. The van der Waals surface area contributed by atoms with Crippen molar-refractivity contribution in [3.05, 3.63) is 176 Å². The smallest absolute Gasteiger partial charge is 0.162 e. The van der Waals surface area contributed by atoms with Gasteiger partial charge in [0.15, 0.2) is 5.82 Å². The zero-order chi connectivity index (χ0) is 32.3. The Morgan fingerprint density at radius 3 is 1.69 bits per heavy atom. The van der Waals surface area contributed by atoms with Crippen LogP contribution in [0.25, 0.3) is 93.7 Å². The van der Waals surface area contributed by atoms with Crippen LogP contribution >= 0.6 is 0 Å². The van der Waals surface area contributed by atoms with Crippen molar-refractivity contribution in [2.24, 2.45) is 0 Å². The lowest BCUT2D eigenvalue weighted by molar-refractivity contribution is 1.05. The fourth-order valence-electron chi connectivity index (χ4n) is 7.42. The average Bonchev–Trinajstić information content (AvgIpc) is 3.53. The summed E-state index contributed by atoms with van der Waals surface area (Å²) in [5.41, 5.74) is 7.58. The Morgan fingerprint density at radius 1 is 0.347 bits per heavy atom. The van der Waals surface area contributed by atoms with E-state index in [9.17, 15) is 0 Å². The van der Waals surface area contributed by atoms with Crippen molar-refractivity contribution < 1.29 is 0 Å². The second-order valence-electron chi connectivity index (χ2n) is 12.6. The summed E-state index contributed by atoms with van der Waals surface area (Å²) in [7, 11) is 0. The van der Waals surface area contributed by atoms with E-state index in [1.54, 1.807) is 0 Å². The van der Waals surface area contributed by atoms with Crippen LogP contribution in [0.3, 0.4) is 0 Å². The van der Waals surface area contributed by atoms with E-state index in [2.05, 4.69) is 156 Å². The normalized spacial score (nSPS) is 11.7. The van der Waals surface area contributed by atoms with Crippen LogP contribution in [-0.2, 0) is 0 Å². The van der Waals surface area contributed by atoms with Gasteiger partial charge < -0.3 is 0 Å². The molecular weight excluding hydrogens is 595 g/mol. The van der Waals surface area contributed by atoms with Gasteiger partial charge in [-0.25, -0.2) is 9.97 Å². The van der Waals surface area contributed by atoms with Crippen molar-refractivity contribution in [2.75, 3.05) is 0 Å². The molecule has 0 saturated heterocycles. The monoisotopic (exact) mass is 623 g/mol. The van der Waals surface area contributed by atoms with E-state index in [1.165, 1.54) is 54.2 Å². The molecule has 0 bridgehead atoms. The fraction of sp³-hybridized carbons (Fsp3) is 0. The summed E-state index contributed by atoms with van der Waals surface area (Å²) in [4.78, 5) is 10.3. The molecule has 0 aliphatic carbocycles. The largest absolute Gasteiger partial charge is 0.294 e. The van der Waals surface area contributed by atoms with Crippen molar-refractivity contribution in [3.63, 3.8) is 0 Å². The number of nitrogens with zero attached hydrogens (tertiary/aromatic N) is 3. The lowest BCUT2D eigenvalue weighted by Gasteiger charge is -2.12. The van der Waals surface area contributed by atoms with Crippen LogP contribution in [0.15, 0.2) is 176 Å². The Bertz CT molecular complexity index is 2810. The Balaban J connectivity index is 1.23. The van der Waals surface area contributed by atoms with Crippen LogP contribution < -0.4 is 0 Å². The predicted octanol–water partition coefficient (Wildman–Crippen LogP) is 12.0. The molecule has 10 rings (SSSR count). The maximum absolute atomic E-state index is 5.22. The van der Waals surface area contributed by atoms with Crippen molar-refractivity contribution in [1.82, 2.24) is 14.5 Å². The highest BCUT2D eigenvalue weighted by atomic mass is 15.1. The number of rotatable bonds is 4. The van der Waals surface area contributed by atoms with E-state index in [-0.39, 0.29) is 0 Å². The van der Waals surface area contributed by atoms with E-state index in [0.717, 1.165) is 33.7 Å². The summed E-state index contributed by atoms with van der Waals surface area (Å²) in [6.45, 7) is 0. The van der Waals surface area contributed by atoms with Crippen LogP contribution in [0.2, 0.25) is 0 Å². The quantitative estimate of drug-likeness (QED) is 0.183. The first-order chi connectivity index (χ1) is 24.3. The Morgan fingerprint density at radius 2 is 0.918 bits per heavy atom.